The second-order valence-electron chi connectivity index (χ2n) is 3.65. The fourth-order valence-corrected chi connectivity index (χ4v) is 2.14. The van der Waals surface area contributed by atoms with Gasteiger partial charge >= 0.3 is 0 Å². The molecule has 0 spiro atoms. The fourth-order valence-electron chi connectivity index (χ4n) is 1.92. The van der Waals surface area contributed by atoms with Gasteiger partial charge in [0.25, 0.3) is 0 Å². The average Bonchev–Trinajstić information content (AvgIpc) is 2.39. The van der Waals surface area contributed by atoms with Crippen molar-refractivity contribution in [2.75, 3.05) is 18.1 Å². The normalized spacial score (nSPS) is 22.6. The topological polar surface area (TPSA) is 35.5 Å². The van der Waals surface area contributed by atoms with Crippen LogP contribution in [0.3, 0.4) is 0 Å². The fraction of sp³-hybridized carbons (Fsp3) is 0.308. The van der Waals surface area contributed by atoms with Crippen LogP contribution in [0.4, 0.5) is 0 Å². The van der Waals surface area contributed by atoms with E-state index in [-0.39, 0.29) is 5.78 Å². The Hall–Kier alpha value is -0.720. The molecule has 0 aliphatic heterocycles. The first-order valence-corrected chi connectivity index (χ1v) is 6.84. The summed E-state index contributed by atoms with van der Waals surface area (Å²) in [5.41, 5.74) is 1.42. The molecule has 1 aromatic carbocycles. The molecule has 3 nitrogen and oxygen atoms in total. The highest BCUT2D eigenvalue weighted by atomic mass is 127. The molecule has 1 aliphatic carbocycles. The largest absolute Gasteiger partial charge is 0.346 e. The van der Waals surface area contributed by atoms with E-state index in [2.05, 4.69) is 22.6 Å². The second kappa shape index (κ2) is 5.29. The van der Waals surface area contributed by atoms with Gasteiger partial charge in [0.15, 0.2) is 5.78 Å². The maximum absolute atomic E-state index is 11.8. The standard InChI is InChI=1S/C13H13IO3/c1-16-13(17-9-8-14)7-6-12(15)10-4-2-3-5-11(10)13/h2-7H,8-9H2,1H3. The van der Waals surface area contributed by atoms with Crippen LogP contribution in [0.2, 0.25) is 0 Å². The first kappa shape index (κ1) is 12.7. The SMILES string of the molecule is COC1(OCCI)C=CC(=O)c2ccccc21. The third kappa shape index (κ3) is 2.29. The van der Waals surface area contributed by atoms with Gasteiger partial charge in [-0.3, -0.25) is 4.79 Å². The van der Waals surface area contributed by atoms with Crippen molar-refractivity contribution in [3.63, 3.8) is 0 Å². The summed E-state index contributed by atoms with van der Waals surface area (Å²) in [5, 5.41) is 0. The van der Waals surface area contributed by atoms with Gasteiger partial charge in [0.05, 0.1) is 6.61 Å². The van der Waals surface area contributed by atoms with Gasteiger partial charge in [0.1, 0.15) is 0 Å². The van der Waals surface area contributed by atoms with Crippen molar-refractivity contribution >= 4 is 28.4 Å². The van der Waals surface area contributed by atoms with E-state index >= 15 is 0 Å². The molecule has 1 atom stereocenters. The Labute approximate surface area is 114 Å². The molecule has 1 aliphatic rings. The molecule has 4 heteroatoms. The molecule has 0 aromatic heterocycles. The number of ketones is 1. The summed E-state index contributed by atoms with van der Waals surface area (Å²) in [6, 6.07) is 7.39. The monoisotopic (exact) mass is 344 g/mol. The Morgan fingerprint density at radius 1 is 1.35 bits per heavy atom. The first-order valence-electron chi connectivity index (χ1n) is 5.31. The zero-order valence-corrected chi connectivity index (χ0v) is 11.6. The number of alkyl halides is 1. The number of methoxy groups -OCH3 is 1. The van der Waals surface area contributed by atoms with Gasteiger partial charge in [-0.05, 0) is 12.2 Å². The van der Waals surface area contributed by atoms with Crippen LogP contribution in [-0.2, 0) is 15.3 Å². The molecule has 90 valence electrons. The third-order valence-electron chi connectivity index (χ3n) is 2.72. The number of carbonyl (C=O) groups excluding carboxylic acids is 1. The summed E-state index contributed by atoms with van der Waals surface area (Å²) in [7, 11) is 1.59. The summed E-state index contributed by atoms with van der Waals surface area (Å²) >= 11 is 2.24. The number of hydrogen-bond donors (Lipinski definition) is 0. The molecule has 0 amide bonds. The molecule has 0 N–H and O–H groups in total. The van der Waals surface area contributed by atoms with Gasteiger partial charge in [0, 0.05) is 22.7 Å². The number of benzene rings is 1. The van der Waals surface area contributed by atoms with E-state index in [9.17, 15) is 4.79 Å². The number of allylic oxidation sites excluding steroid dienone is 1. The van der Waals surface area contributed by atoms with Crippen molar-refractivity contribution in [3.8, 4) is 0 Å². The third-order valence-corrected chi connectivity index (χ3v) is 3.16. The number of rotatable bonds is 4. The van der Waals surface area contributed by atoms with E-state index in [1.807, 2.05) is 18.2 Å². The van der Waals surface area contributed by atoms with Crippen molar-refractivity contribution in [3.05, 3.63) is 47.5 Å². The lowest BCUT2D eigenvalue weighted by Gasteiger charge is -2.33. The minimum absolute atomic E-state index is 0.00801. The summed E-state index contributed by atoms with van der Waals surface area (Å²) in [6.45, 7) is 0.571. The Kier molecular flexibility index (Phi) is 3.96. The second-order valence-corrected chi connectivity index (χ2v) is 4.73. The van der Waals surface area contributed by atoms with E-state index in [0.717, 1.165) is 9.99 Å². The molecule has 0 radical (unpaired) electrons. The van der Waals surface area contributed by atoms with Crippen LogP contribution in [0.1, 0.15) is 15.9 Å². The Morgan fingerprint density at radius 2 is 2.12 bits per heavy atom. The molecule has 1 unspecified atom stereocenters. The van der Waals surface area contributed by atoms with E-state index in [1.165, 1.54) is 6.08 Å². The molecule has 0 heterocycles. The first-order chi connectivity index (χ1) is 8.23. The highest BCUT2D eigenvalue weighted by Gasteiger charge is 2.36. The van der Waals surface area contributed by atoms with Gasteiger partial charge in [-0.15, -0.1) is 0 Å². The van der Waals surface area contributed by atoms with Crippen molar-refractivity contribution in [2.24, 2.45) is 0 Å². The molecule has 0 saturated carbocycles. The number of carbonyl (C=O) groups is 1. The quantitative estimate of drug-likeness (QED) is 0.479. The predicted molar refractivity (Wildman–Crippen MR) is 73.4 cm³/mol. The lowest BCUT2D eigenvalue weighted by atomic mass is 9.91. The molecule has 0 fully saturated rings. The highest BCUT2D eigenvalue weighted by Crippen LogP contribution is 2.34. The van der Waals surface area contributed by atoms with Gasteiger partial charge in [-0.2, -0.15) is 0 Å². The number of hydrogen-bond acceptors (Lipinski definition) is 3. The van der Waals surface area contributed by atoms with Crippen molar-refractivity contribution in [1.29, 1.82) is 0 Å². The summed E-state index contributed by atoms with van der Waals surface area (Å²) < 4.78 is 12.1. The van der Waals surface area contributed by atoms with Crippen LogP contribution in [0.5, 0.6) is 0 Å². The maximum Gasteiger partial charge on any atom is 0.216 e. The van der Waals surface area contributed by atoms with Gasteiger partial charge < -0.3 is 9.47 Å². The van der Waals surface area contributed by atoms with Crippen LogP contribution in [0, 0.1) is 0 Å². The Morgan fingerprint density at radius 3 is 2.82 bits per heavy atom. The van der Waals surface area contributed by atoms with Crippen LogP contribution in [0.25, 0.3) is 0 Å². The van der Waals surface area contributed by atoms with Gasteiger partial charge in [0.2, 0.25) is 5.79 Å². The molecule has 0 saturated heterocycles. The molecule has 17 heavy (non-hydrogen) atoms. The Balaban J connectivity index is 2.47. The maximum atomic E-state index is 11.8. The van der Waals surface area contributed by atoms with E-state index < -0.39 is 5.79 Å². The number of fused-ring (bicyclic) bond motifs is 1. The van der Waals surface area contributed by atoms with Crippen molar-refractivity contribution in [2.45, 2.75) is 5.79 Å². The van der Waals surface area contributed by atoms with Gasteiger partial charge in [-0.25, -0.2) is 0 Å². The molecule has 1 aromatic rings. The number of halogens is 1. The number of ether oxygens (including phenoxy) is 2. The van der Waals surface area contributed by atoms with Crippen LogP contribution < -0.4 is 0 Å². The highest BCUT2D eigenvalue weighted by molar-refractivity contribution is 14.1. The molecule has 2 rings (SSSR count). The van der Waals surface area contributed by atoms with Crippen molar-refractivity contribution < 1.29 is 14.3 Å². The predicted octanol–water partition coefficient (Wildman–Crippen LogP) is 2.69. The summed E-state index contributed by atoms with van der Waals surface area (Å²) in [6.07, 6.45) is 3.20. The molecule has 0 bridgehead atoms. The zero-order chi connectivity index (χ0) is 12.3. The minimum atomic E-state index is -0.921. The van der Waals surface area contributed by atoms with Crippen LogP contribution in [-0.4, -0.2) is 23.9 Å². The zero-order valence-electron chi connectivity index (χ0n) is 9.48. The minimum Gasteiger partial charge on any atom is -0.346 e. The lowest BCUT2D eigenvalue weighted by molar-refractivity contribution is -0.193. The summed E-state index contributed by atoms with van der Waals surface area (Å²) in [4.78, 5) is 11.8. The van der Waals surface area contributed by atoms with Crippen LogP contribution >= 0.6 is 22.6 Å². The van der Waals surface area contributed by atoms with E-state index in [0.29, 0.717) is 12.2 Å². The molecular formula is C13H13IO3. The van der Waals surface area contributed by atoms with Crippen molar-refractivity contribution in [1.82, 2.24) is 0 Å². The van der Waals surface area contributed by atoms with Crippen LogP contribution in [0.15, 0.2) is 36.4 Å². The van der Waals surface area contributed by atoms with E-state index in [4.69, 9.17) is 9.47 Å². The molecular weight excluding hydrogens is 331 g/mol. The van der Waals surface area contributed by atoms with Gasteiger partial charge in [-0.1, -0.05) is 46.9 Å². The lowest BCUT2D eigenvalue weighted by Crippen LogP contribution is -2.34. The average molecular weight is 344 g/mol. The summed E-state index contributed by atoms with van der Waals surface area (Å²) in [5.74, 6) is -0.929. The Bertz CT molecular complexity index is 456. The van der Waals surface area contributed by atoms with E-state index in [1.54, 1.807) is 19.3 Å². The smallest absolute Gasteiger partial charge is 0.216 e.